The van der Waals surface area contributed by atoms with Gasteiger partial charge in [-0.1, -0.05) is 27.7 Å². The second-order valence-corrected chi connectivity index (χ2v) is 4.82. The Hall–Kier alpha value is -0.150. The molecule has 0 saturated carbocycles. The summed E-state index contributed by atoms with van der Waals surface area (Å²) in [4.78, 5) is 4.28. The lowest BCUT2D eigenvalue weighted by Gasteiger charge is -1.97. The van der Waals surface area contributed by atoms with Gasteiger partial charge in [-0.3, -0.25) is 4.98 Å². The molecule has 1 aromatic rings. The van der Waals surface area contributed by atoms with E-state index >= 15 is 0 Å². The lowest BCUT2D eigenvalue weighted by Crippen LogP contribution is -1.84. The SMILES string of the molecule is CSSCc1ccc(C)cn1. The molecule has 0 bridgehead atoms. The van der Waals surface area contributed by atoms with Crippen molar-refractivity contribution in [3.63, 3.8) is 0 Å². The van der Waals surface area contributed by atoms with Crippen LogP contribution in [0.5, 0.6) is 0 Å². The van der Waals surface area contributed by atoms with Crippen molar-refractivity contribution in [3.05, 3.63) is 29.6 Å². The van der Waals surface area contributed by atoms with E-state index in [9.17, 15) is 0 Å². The average Bonchev–Trinajstić information content (AvgIpc) is 2.04. The van der Waals surface area contributed by atoms with Gasteiger partial charge in [-0.15, -0.1) is 0 Å². The second kappa shape index (κ2) is 4.67. The fourth-order valence-electron chi connectivity index (χ4n) is 0.703. The topological polar surface area (TPSA) is 12.9 Å². The summed E-state index contributed by atoms with van der Waals surface area (Å²) in [5.41, 5.74) is 2.39. The normalized spacial score (nSPS) is 10.0. The van der Waals surface area contributed by atoms with E-state index in [2.05, 4.69) is 30.3 Å². The number of aryl methyl sites for hydroxylation is 1. The summed E-state index contributed by atoms with van der Waals surface area (Å²) in [6.45, 7) is 2.05. The number of pyridine rings is 1. The van der Waals surface area contributed by atoms with Crippen molar-refractivity contribution >= 4 is 21.6 Å². The Balaban J connectivity index is 2.52. The molecule has 1 heterocycles. The molecule has 1 nitrogen and oxygen atoms in total. The summed E-state index contributed by atoms with van der Waals surface area (Å²) < 4.78 is 0. The predicted molar refractivity (Wildman–Crippen MR) is 53.8 cm³/mol. The van der Waals surface area contributed by atoms with Crippen LogP contribution < -0.4 is 0 Å². The highest BCUT2D eigenvalue weighted by Gasteiger charge is 1.92. The van der Waals surface area contributed by atoms with Gasteiger partial charge in [0, 0.05) is 11.9 Å². The highest BCUT2D eigenvalue weighted by molar-refractivity contribution is 8.76. The van der Waals surface area contributed by atoms with E-state index in [1.807, 2.05) is 17.0 Å². The summed E-state index contributed by atoms with van der Waals surface area (Å²) >= 11 is 0. The highest BCUT2D eigenvalue weighted by Crippen LogP contribution is 2.21. The summed E-state index contributed by atoms with van der Waals surface area (Å²) in [7, 11) is 3.60. The van der Waals surface area contributed by atoms with Crippen molar-refractivity contribution in [2.75, 3.05) is 6.26 Å². The van der Waals surface area contributed by atoms with Crippen LogP contribution in [-0.4, -0.2) is 11.2 Å². The van der Waals surface area contributed by atoms with Crippen LogP contribution in [0, 0.1) is 6.92 Å². The molecule has 0 spiro atoms. The van der Waals surface area contributed by atoms with Gasteiger partial charge in [0.25, 0.3) is 0 Å². The average molecular weight is 185 g/mol. The Bertz CT molecular complexity index is 208. The fraction of sp³-hybridized carbons (Fsp3) is 0.375. The van der Waals surface area contributed by atoms with Gasteiger partial charge in [0.15, 0.2) is 0 Å². The standard InChI is InChI=1S/C8H11NS2/c1-7-3-4-8(9-5-7)6-11-10-2/h3-5H,6H2,1-2H3. The molecule has 0 aromatic carbocycles. The van der Waals surface area contributed by atoms with Crippen LogP contribution in [0.3, 0.4) is 0 Å². The summed E-state index contributed by atoms with van der Waals surface area (Å²) in [5, 5.41) is 0. The van der Waals surface area contributed by atoms with Crippen LogP contribution in [0.25, 0.3) is 0 Å². The van der Waals surface area contributed by atoms with Crippen LogP contribution in [0.1, 0.15) is 11.3 Å². The number of nitrogens with zero attached hydrogens (tertiary/aromatic N) is 1. The van der Waals surface area contributed by atoms with E-state index < -0.39 is 0 Å². The molecule has 3 heteroatoms. The Morgan fingerprint density at radius 1 is 1.45 bits per heavy atom. The van der Waals surface area contributed by atoms with Crippen molar-refractivity contribution < 1.29 is 0 Å². The molecule has 0 unspecified atom stereocenters. The van der Waals surface area contributed by atoms with Crippen LogP contribution >= 0.6 is 21.6 Å². The minimum Gasteiger partial charge on any atom is -0.260 e. The van der Waals surface area contributed by atoms with Crippen molar-refractivity contribution in [1.29, 1.82) is 0 Å². The third-order valence-corrected chi connectivity index (χ3v) is 3.01. The zero-order chi connectivity index (χ0) is 8.10. The van der Waals surface area contributed by atoms with Gasteiger partial charge in [-0.2, -0.15) is 0 Å². The first kappa shape index (κ1) is 8.94. The van der Waals surface area contributed by atoms with Gasteiger partial charge in [-0.05, 0) is 24.8 Å². The van der Waals surface area contributed by atoms with Gasteiger partial charge >= 0.3 is 0 Å². The lowest BCUT2D eigenvalue weighted by molar-refractivity contribution is 1.15. The third kappa shape index (κ3) is 3.16. The van der Waals surface area contributed by atoms with E-state index in [0.717, 1.165) is 11.4 Å². The zero-order valence-electron chi connectivity index (χ0n) is 6.70. The Morgan fingerprint density at radius 3 is 2.82 bits per heavy atom. The maximum absolute atomic E-state index is 4.28. The van der Waals surface area contributed by atoms with Crippen molar-refractivity contribution in [1.82, 2.24) is 4.98 Å². The fourth-order valence-corrected chi connectivity index (χ4v) is 1.83. The van der Waals surface area contributed by atoms with Crippen LogP contribution in [0.4, 0.5) is 0 Å². The first-order chi connectivity index (χ1) is 5.33. The molecule has 0 saturated heterocycles. The molecule has 0 atom stereocenters. The molecule has 0 amide bonds. The van der Waals surface area contributed by atoms with E-state index in [0.29, 0.717) is 0 Å². The first-order valence-corrected chi connectivity index (χ1v) is 6.13. The van der Waals surface area contributed by atoms with E-state index in [1.165, 1.54) is 5.56 Å². The van der Waals surface area contributed by atoms with Gasteiger partial charge < -0.3 is 0 Å². The molecule has 0 N–H and O–H groups in total. The number of rotatable bonds is 3. The lowest BCUT2D eigenvalue weighted by atomic mass is 10.3. The molecular weight excluding hydrogens is 174 g/mol. The maximum Gasteiger partial charge on any atom is 0.0511 e. The minimum absolute atomic E-state index is 1.00. The molecule has 0 fully saturated rings. The van der Waals surface area contributed by atoms with E-state index in [4.69, 9.17) is 0 Å². The zero-order valence-corrected chi connectivity index (χ0v) is 8.34. The maximum atomic E-state index is 4.28. The van der Waals surface area contributed by atoms with Gasteiger partial charge in [0.1, 0.15) is 0 Å². The molecule has 1 rings (SSSR count). The van der Waals surface area contributed by atoms with Crippen LogP contribution in [0.15, 0.2) is 18.3 Å². The molecule has 11 heavy (non-hydrogen) atoms. The molecular formula is C8H11NS2. The van der Waals surface area contributed by atoms with Gasteiger partial charge in [-0.25, -0.2) is 0 Å². The minimum atomic E-state index is 1.00. The van der Waals surface area contributed by atoms with Gasteiger partial charge in [0.05, 0.1) is 5.69 Å². The highest BCUT2D eigenvalue weighted by atomic mass is 33.1. The largest absolute Gasteiger partial charge is 0.260 e. The summed E-state index contributed by atoms with van der Waals surface area (Å²) in [6, 6.07) is 4.18. The smallest absolute Gasteiger partial charge is 0.0511 e. The Morgan fingerprint density at radius 2 is 2.27 bits per heavy atom. The van der Waals surface area contributed by atoms with Crippen molar-refractivity contribution in [2.24, 2.45) is 0 Å². The number of hydrogen-bond acceptors (Lipinski definition) is 3. The third-order valence-electron chi connectivity index (χ3n) is 1.30. The van der Waals surface area contributed by atoms with Crippen LogP contribution in [-0.2, 0) is 5.75 Å². The van der Waals surface area contributed by atoms with Crippen molar-refractivity contribution in [3.8, 4) is 0 Å². The summed E-state index contributed by atoms with van der Waals surface area (Å²) in [6.07, 6.45) is 4.00. The number of hydrogen-bond donors (Lipinski definition) is 0. The van der Waals surface area contributed by atoms with E-state index in [-0.39, 0.29) is 0 Å². The monoisotopic (exact) mass is 185 g/mol. The summed E-state index contributed by atoms with van der Waals surface area (Å²) in [5.74, 6) is 1.00. The molecule has 1 aromatic heterocycles. The van der Waals surface area contributed by atoms with Gasteiger partial charge in [0.2, 0.25) is 0 Å². The quantitative estimate of drug-likeness (QED) is 0.672. The molecule has 0 radical (unpaired) electrons. The second-order valence-electron chi connectivity index (χ2n) is 2.26. The molecule has 0 aliphatic heterocycles. The number of aromatic nitrogens is 1. The molecule has 0 aliphatic rings. The Labute approximate surface area is 75.4 Å². The predicted octanol–water partition coefficient (Wildman–Crippen LogP) is 2.90. The molecule has 0 aliphatic carbocycles. The van der Waals surface area contributed by atoms with Crippen LogP contribution in [0.2, 0.25) is 0 Å². The molecule has 60 valence electrons. The Kier molecular flexibility index (Phi) is 3.80. The van der Waals surface area contributed by atoms with E-state index in [1.54, 1.807) is 10.8 Å². The van der Waals surface area contributed by atoms with Crippen molar-refractivity contribution in [2.45, 2.75) is 12.7 Å². The first-order valence-electron chi connectivity index (χ1n) is 3.40.